The largest absolute Gasteiger partial charge is 0.465 e. The summed E-state index contributed by atoms with van der Waals surface area (Å²) >= 11 is 15.4. The van der Waals surface area contributed by atoms with E-state index in [0.29, 0.717) is 0 Å². The molecule has 8 heteroatoms. The molecule has 0 aromatic carbocycles. The fourth-order valence-electron chi connectivity index (χ4n) is 0.657. The molecule has 0 bridgehead atoms. The molecule has 0 aliphatic heterocycles. The van der Waals surface area contributed by atoms with E-state index in [1.165, 1.54) is 6.92 Å². The zero-order chi connectivity index (χ0) is 12.3. The lowest BCUT2D eigenvalue weighted by Gasteiger charge is -2.24. The lowest BCUT2D eigenvalue weighted by atomic mass is 10.2. The van der Waals surface area contributed by atoms with Gasteiger partial charge in [-0.25, -0.2) is 0 Å². The molecule has 0 aliphatic rings. The van der Waals surface area contributed by atoms with Crippen molar-refractivity contribution in [2.45, 2.75) is 29.2 Å². The number of alkyl halides is 6. The summed E-state index contributed by atoms with van der Waals surface area (Å²) in [6.45, 7) is 1.52. The summed E-state index contributed by atoms with van der Waals surface area (Å²) in [6, 6.07) is 0. The Kier molecular flexibility index (Phi) is 5.50. The van der Waals surface area contributed by atoms with Crippen LogP contribution < -0.4 is 0 Å². The van der Waals surface area contributed by atoms with Crippen molar-refractivity contribution in [2.24, 2.45) is 0 Å². The highest BCUT2D eigenvalue weighted by molar-refractivity contribution is 6.49. The second-order valence-corrected chi connectivity index (χ2v) is 4.64. The van der Waals surface area contributed by atoms with Crippen molar-refractivity contribution in [2.75, 3.05) is 6.61 Å². The molecule has 1 unspecified atom stereocenters. The Bertz CT molecular complexity index is 230. The first-order valence-corrected chi connectivity index (χ1v) is 5.06. The maximum absolute atomic E-state index is 12.2. The molecular weight excluding hydrogens is 279 g/mol. The molecule has 1 atom stereocenters. The Hall–Kier alpha value is 0.130. The SMILES string of the molecule is CCOC(=O)C(Cl)CC(Cl)(Cl)C(F)(F)F. The number of rotatable bonds is 4. The van der Waals surface area contributed by atoms with E-state index in [-0.39, 0.29) is 6.61 Å². The summed E-state index contributed by atoms with van der Waals surface area (Å²) in [5.74, 6) is -0.978. The maximum Gasteiger partial charge on any atom is 0.421 e. The number of ether oxygens (including phenoxy) is 1. The van der Waals surface area contributed by atoms with Gasteiger partial charge in [-0.05, 0) is 6.92 Å². The van der Waals surface area contributed by atoms with Gasteiger partial charge in [-0.1, -0.05) is 23.2 Å². The van der Waals surface area contributed by atoms with Gasteiger partial charge >= 0.3 is 12.1 Å². The molecule has 90 valence electrons. The third-order valence-electron chi connectivity index (χ3n) is 1.39. The van der Waals surface area contributed by atoms with Crippen LogP contribution in [0.4, 0.5) is 13.2 Å². The molecule has 0 saturated carbocycles. The predicted octanol–water partition coefficient (Wildman–Crippen LogP) is 3.28. The van der Waals surface area contributed by atoms with Crippen LogP contribution in [0.1, 0.15) is 13.3 Å². The molecule has 0 radical (unpaired) electrons. The molecule has 0 N–H and O–H groups in total. The summed E-state index contributed by atoms with van der Waals surface area (Å²) in [5.41, 5.74) is 0. The molecule has 0 aromatic rings. The van der Waals surface area contributed by atoms with Gasteiger partial charge in [-0.3, -0.25) is 4.79 Å². The molecule has 0 aromatic heterocycles. The molecule has 15 heavy (non-hydrogen) atoms. The molecule has 0 saturated heterocycles. The highest BCUT2D eigenvalue weighted by atomic mass is 35.5. The minimum atomic E-state index is -4.85. The molecule has 0 heterocycles. The fourth-order valence-corrected chi connectivity index (χ4v) is 1.42. The zero-order valence-electron chi connectivity index (χ0n) is 7.58. The highest BCUT2D eigenvalue weighted by Gasteiger charge is 2.54. The van der Waals surface area contributed by atoms with E-state index in [2.05, 4.69) is 4.74 Å². The van der Waals surface area contributed by atoms with E-state index >= 15 is 0 Å². The summed E-state index contributed by atoms with van der Waals surface area (Å²) in [6.07, 6.45) is -5.81. The van der Waals surface area contributed by atoms with E-state index in [0.717, 1.165) is 0 Å². The number of halogens is 6. The summed E-state index contributed by atoms with van der Waals surface area (Å²) in [4.78, 5) is 10.9. The first kappa shape index (κ1) is 15.1. The van der Waals surface area contributed by atoms with Gasteiger partial charge in [-0.15, -0.1) is 11.6 Å². The van der Waals surface area contributed by atoms with Gasteiger partial charge in [0.05, 0.1) is 6.61 Å². The number of hydrogen-bond donors (Lipinski definition) is 0. The van der Waals surface area contributed by atoms with Gasteiger partial charge in [0, 0.05) is 6.42 Å². The van der Waals surface area contributed by atoms with Gasteiger partial charge in [0.25, 0.3) is 0 Å². The number of esters is 1. The third kappa shape index (κ3) is 4.66. The van der Waals surface area contributed by atoms with Crippen LogP contribution in [0.5, 0.6) is 0 Å². The minimum absolute atomic E-state index is 0.0195. The topological polar surface area (TPSA) is 26.3 Å². The van der Waals surface area contributed by atoms with E-state index in [9.17, 15) is 18.0 Å². The Morgan fingerprint density at radius 3 is 2.20 bits per heavy atom. The summed E-state index contributed by atoms with van der Waals surface area (Å²) < 4.78 is 37.9. The molecular formula is C7H8Cl3F3O2. The van der Waals surface area contributed by atoms with Crippen LogP contribution in [-0.4, -0.2) is 28.5 Å². The van der Waals surface area contributed by atoms with Crippen LogP contribution in [-0.2, 0) is 9.53 Å². The number of hydrogen-bond acceptors (Lipinski definition) is 2. The van der Waals surface area contributed by atoms with Gasteiger partial charge < -0.3 is 4.74 Å². The second-order valence-electron chi connectivity index (χ2n) is 2.63. The van der Waals surface area contributed by atoms with Crippen molar-refractivity contribution in [1.29, 1.82) is 0 Å². The monoisotopic (exact) mass is 286 g/mol. The van der Waals surface area contributed by atoms with Crippen LogP contribution in [0.25, 0.3) is 0 Å². The maximum atomic E-state index is 12.2. The van der Waals surface area contributed by atoms with Crippen LogP contribution in [0.2, 0.25) is 0 Å². The van der Waals surface area contributed by atoms with Crippen LogP contribution in [0.3, 0.4) is 0 Å². The Balaban J connectivity index is 4.40. The van der Waals surface area contributed by atoms with Crippen molar-refractivity contribution < 1.29 is 22.7 Å². The van der Waals surface area contributed by atoms with Crippen molar-refractivity contribution in [3.05, 3.63) is 0 Å². The Morgan fingerprint density at radius 2 is 1.87 bits per heavy atom. The van der Waals surface area contributed by atoms with E-state index in [1.54, 1.807) is 0 Å². The van der Waals surface area contributed by atoms with E-state index in [4.69, 9.17) is 34.8 Å². The van der Waals surface area contributed by atoms with E-state index < -0.39 is 28.3 Å². The second kappa shape index (κ2) is 5.46. The van der Waals surface area contributed by atoms with Crippen LogP contribution in [0.15, 0.2) is 0 Å². The summed E-state index contributed by atoms with van der Waals surface area (Å²) in [5, 5.41) is -1.53. The highest BCUT2D eigenvalue weighted by Crippen LogP contribution is 2.44. The molecule has 0 aliphatic carbocycles. The fraction of sp³-hybridized carbons (Fsp3) is 0.857. The van der Waals surface area contributed by atoms with Crippen molar-refractivity contribution in [3.63, 3.8) is 0 Å². The third-order valence-corrected chi connectivity index (χ3v) is 2.46. The zero-order valence-corrected chi connectivity index (χ0v) is 9.84. The predicted molar refractivity (Wildman–Crippen MR) is 51.4 cm³/mol. The van der Waals surface area contributed by atoms with Gasteiger partial charge in [0.1, 0.15) is 5.38 Å². The molecule has 0 spiro atoms. The molecule has 0 fully saturated rings. The summed E-state index contributed by atoms with van der Waals surface area (Å²) in [7, 11) is 0. The van der Waals surface area contributed by atoms with Crippen LogP contribution >= 0.6 is 34.8 Å². The lowest BCUT2D eigenvalue weighted by Crippen LogP contribution is -2.38. The van der Waals surface area contributed by atoms with Crippen molar-refractivity contribution >= 4 is 40.8 Å². The van der Waals surface area contributed by atoms with Gasteiger partial charge in [0.15, 0.2) is 0 Å². The van der Waals surface area contributed by atoms with Gasteiger partial charge in [-0.2, -0.15) is 13.2 Å². The average Bonchev–Trinajstić information content (AvgIpc) is 2.01. The molecule has 2 nitrogen and oxygen atoms in total. The van der Waals surface area contributed by atoms with Crippen LogP contribution in [0, 0.1) is 0 Å². The number of carbonyl (C=O) groups is 1. The Morgan fingerprint density at radius 1 is 1.40 bits per heavy atom. The van der Waals surface area contributed by atoms with Crippen molar-refractivity contribution in [1.82, 2.24) is 0 Å². The first-order valence-electron chi connectivity index (χ1n) is 3.87. The van der Waals surface area contributed by atoms with Gasteiger partial charge in [0.2, 0.25) is 4.33 Å². The quantitative estimate of drug-likeness (QED) is 0.586. The lowest BCUT2D eigenvalue weighted by molar-refractivity contribution is -0.149. The minimum Gasteiger partial charge on any atom is -0.465 e. The average molecular weight is 287 g/mol. The smallest absolute Gasteiger partial charge is 0.421 e. The standard InChI is InChI=1S/C7H8Cl3F3O2/c1-2-15-5(14)4(8)3-6(9,10)7(11,12)13/h4H,2-3H2,1H3. The molecule has 0 rings (SSSR count). The first-order chi connectivity index (χ1) is 6.62. The number of carbonyl (C=O) groups excluding carboxylic acids is 1. The van der Waals surface area contributed by atoms with Crippen molar-refractivity contribution in [3.8, 4) is 0 Å². The van der Waals surface area contributed by atoms with E-state index in [1.807, 2.05) is 0 Å². The Labute approximate surface area is 99.6 Å². The normalized spacial score (nSPS) is 14.9. The molecule has 0 amide bonds.